The zero-order chi connectivity index (χ0) is 19.6. The maximum absolute atomic E-state index is 5.85. The molecule has 0 bridgehead atoms. The lowest BCUT2D eigenvalue weighted by atomic mass is 9.99. The maximum Gasteiger partial charge on any atom is 0.170 e. The number of aromatic nitrogens is 3. The van der Waals surface area contributed by atoms with Gasteiger partial charge in [0.05, 0.1) is 17.8 Å². The first-order valence-corrected chi connectivity index (χ1v) is 10.8. The van der Waals surface area contributed by atoms with Gasteiger partial charge in [0.15, 0.2) is 5.11 Å². The highest BCUT2D eigenvalue weighted by Crippen LogP contribution is 2.42. The van der Waals surface area contributed by atoms with Crippen LogP contribution in [0.1, 0.15) is 54.7 Å². The van der Waals surface area contributed by atoms with Crippen LogP contribution in [0.3, 0.4) is 0 Å². The molecule has 5 nitrogen and oxygen atoms in total. The minimum atomic E-state index is 0.0480. The van der Waals surface area contributed by atoms with Crippen LogP contribution in [0.15, 0.2) is 67.3 Å². The lowest BCUT2D eigenvalue weighted by molar-refractivity contribution is 0.237. The van der Waals surface area contributed by atoms with Gasteiger partial charge in [-0.3, -0.25) is 9.97 Å². The molecule has 0 aromatic carbocycles. The van der Waals surface area contributed by atoms with Crippen LogP contribution < -0.4 is 5.32 Å². The molecular formula is C23H25N5S. The molecule has 1 N–H and O–H groups in total. The van der Waals surface area contributed by atoms with E-state index in [9.17, 15) is 0 Å². The number of pyridine rings is 2. The summed E-state index contributed by atoms with van der Waals surface area (Å²) in [7, 11) is 0. The predicted octanol–water partition coefficient (Wildman–Crippen LogP) is 4.24. The summed E-state index contributed by atoms with van der Waals surface area (Å²) in [5.74, 6) is 0. The molecule has 2 atom stereocenters. The first-order chi connectivity index (χ1) is 14.3. The summed E-state index contributed by atoms with van der Waals surface area (Å²) >= 11 is 5.85. The number of nitrogens with zero attached hydrogens (tertiary/aromatic N) is 4. The van der Waals surface area contributed by atoms with Crippen molar-refractivity contribution in [1.82, 2.24) is 24.8 Å². The lowest BCUT2D eigenvalue weighted by Gasteiger charge is -2.33. The van der Waals surface area contributed by atoms with Crippen molar-refractivity contribution >= 4 is 17.3 Å². The predicted molar refractivity (Wildman–Crippen MR) is 117 cm³/mol. The number of rotatable bonds is 5. The zero-order valence-electron chi connectivity index (χ0n) is 16.3. The van der Waals surface area contributed by atoms with Crippen LogP contribution in [0.4, 0.5) is 0 Å². The van der Waals surface area contributed by atoms with Crippen molar-refractivity contribution in [3.05, 3.63) is 84.2 Å². The van der Waals surface area contributed by atoms with Gasteiger partial charge < -0.3 is 14.8 Å². The lowest BCUT2D eigenvalue weighted by Crippen LogP contribution is -2.38. The van der Waals surface area contributed by atoms with E-state index in [-0.39, 0.29) is 12.1 Å². The van der Waals surface area contributed by atoms with Crippen molar-refractivity contribution < 1.29 is 0 Å². The van der Waals surface area contributed by atoms with E-state index < -0.39 is 0 Å². The summed E-state index contributed by atoms with van der Waals surface area (Å²) in [6, 6.07) is 15.3. The molecule has 0 spiro atoms. The second-order valence-electron chi connectivity index (χ2n) is 7.89. The third-order valence-corrected chi connectivity index (χ3v) is 6.43. The molecule has 0 unspecified atom stereocenters. The summed E-state index contributed by atoms with van der Waals surface area (Å²) in [4.78, 5) is 11.4. The SMILES string of the molecule is S=C1N[C@@H](c2ccccn2)[C@H](c2cccn2Cc2cccnc2)N1C1CCCC1. The summed E-state index contributed by atoms with van der Waals surface area (Å²) in [6.45, 7) is 0.798. The molecule has 0 radical (unpaired) electrons. The molecule has 0 amide bonds. The van der Waals surface area contributed by atoms with Gasteiger partial charge in [0.25, 0.3) is 0 Å². The molecule has 29 heavy (non-hydrogen) atoms. The summed E-state index contributed by atoms with van der Waals surface area (Å²) < 4.78 is 2.33. The number of hydrogen-bond acceptors (Lipinski definition) is 3. The molecule has 3 aromatic rings. The maximum atomic E-state index is 5.85. The van der Waals surface area contributed by atoms with Crippen LogP contribution >= 0.6 is 12.2 Å². The molecule has 4 heterocycles. The Morgan fingerprint density at radius 2 is 1.93 bits per heavy atom. The fourth-order valence-electron chi connectivity index (χ4n) is 4.79. The Balaban J connectivity index is 1.55. The Morgan fingerprint density at radius 3 is 2.69 bits per heavy atom. The van der Waals surface area contributed by atoms with Crippen LogP contribution in [0.5, 0.6) is 0 Å². The minimum absolute atomic E-state index is 0.0480. The Labute approximate surface area is 176 Å². The molecule has 2 aliphatic rings. The highest BCUT2D eigenvalue weighted by molar-refractivity contribution is 7.80. The van der Waals surface area contributed by atoms with Crippen molar-refractivity contribution in [2.45, 2.75) is 50.4 Å². The van der Waals surface area contributed by atoms with Crippen LogP contribution in [0.25, 0.3) is 0 Å². The third-order valence-electron chi connectivity index (χ3n) is 6.10. The van der Waals surface area contributed by atoms with E-state index in [1.807, 2.05) is 30.7 Å². The molecule has 1 saturated heterocycles. The van der Waals surface area contributed by atoms with Crippen molar-refractivity contribution in [2.75, 3.05) is 0 Å². The zero-order valence-corrected chi connectivity index (χ0v) is 17.1. The molecule has 1 aliphatic heterocycles. The van der Waals surface area contributed by atoms with Crippen LogP contribution in [-0.2, 0) is 6.54 Å². The Kier molecular flexibility index (Phi) is 5.02. The van der Waals surface area contributed by atoms with Gasteiger partial charge >= 0.3 is 0 Å². The minimum Gasteiger partial charge on any atom is -0.352 e. The van der Waals surface area contributed by atoms with Crippen LogP contribution in [-0.4, -0.2) is 30.6 Å². The van der Waals surface area contributed by atoms with Crippen molar-refractivity contribution in [2.24, 2.45) is 0 Å². The first-order valence-electron chi connectivity index (χ1n) is 10.3. The quantitative estimate of drug-likeness (QED) is 0.646. The molecule has 2 fully saturated rings. The van der Waals surface area contributed by atoms with Gasteiger partial charge in [0, 0.05) is 43.1 Å². The van der Waals surface area contributed by atoms with Crippen molar-refractivity contribution in [3.8, 4) is 0 Å². The molecule has 3 aromatic heterocycles. The standard InChI is InChI=1S/C23H25N5S/c29-23-26-21(19-10-3-4-13-25-19)22(28(23)18-8-1-2-9-18)20-11-6-14-27(20)16-17-7-5-12-24-15-17/h3-7,10-15,18,21-22H,1-2,8-9,16H2,(H,26,29)/t21-,22-/m0/s1. The van der Waals surface area contributed by atoms with Crippen molar-refractivity contribution in [1.29, 1.82) is 0 Å². The van der Waals surface area contributed by atoms with E-state index in [2.05, 4.69) is 61.3 Å². The van der Waals surface area contributed by atoms with Gasteiger partial charge in [-0.1, -0.05) is 25.0 Å². The van der Waals surface area contributed by atoms with E-state index >= 15 is 0 Å². The van der Waals surface area contributed by atoms with E-state index in [4.69, 9.17) is 12.2 Å². The molecular weight excluding hydrogens is 378 g/mol. The average molecular weight is 404 g/mol. The monoisotopic (exact) mass is 403 g/mol. The summed E-state index contributed by atoms with van der Waals surface area (Å²) in [5, 5.41) is 4.45. The molecule has 1 saturated carbocycles. The Hall–Kier alpha value is -2.73. The van der Waals surface area contributed by atoms with Gasteiger partial charge in [0.1, 0.15) is 0 Å². The second-order valence-corrected chi connectivity index (χ2v) is 8.28. The molecule has 6 heteroatoms. The first kappa shape index (κ1) is 18.3. The van der Waals surface area contributed by atoms with Crippen LogP contribution in [0, 0.1) is 0 Å². The fourth-order valence-corrected chi connectivity index (χ4v) is 5.18. The number of thiocarbonyl (C=S) groups is 1. The molecule has 1 aliphatic carbocycles. The number of hydrogen-bond donors (Lipinski definition) is 1. The highest BCUT2D eigenvalue weighted by Gasteiger charge is 2.44. The van der Waals surface area contributed by atoms with Gasteiger partial charge in [-0.05, 0) is 61.0 Å². The third kappa shape index (κ3) is 3.53. The van der Waals surface area contributed by atoms with E-state index in [1.165, 1.54) is 36.9 Å². The fraction of sp³-hybridized carbons (Fsp3) is 0.348. The van der Waals surface area contributed by atoms with Gasteiger partial charge in [-0.25, -0.2) is 0 Å². The topological polar surface area (TPSA) is 46.0 Å². The Bertz CT molecular complexity index is 965. The van der Waals surface area contributed by atoms with E-state index in [0.29, 0.717) is 6.04 Å². The van der Waals surface area contributed by atoms with Gasteiger partial charge in [-0.15, -0.1) is 0 Å². The average Bonchev–Trinajstić information content (AvgIpc) is 3.49. The van der Waals surface area contributed by atoms with E-state index in [0.717, 1.165) is 17.4 Å². The molecule has 148 valence electrons. The van der Waals surface area contributed by atoms with Crippen molar-refractivity contribution in [3.63, 3.8) is 0 Å². The summed E-state index contributed by atoms with van der Waals surface area (Å²) in [6.07, 6.45) is 12.7. The van der Waals surface area contributed by atoms with Gasteiger partial charge in [-0.2, -0.15) is 0 Å². The summed E-state index contributed by atoms with van der Waals surface area (Å²) in [5.41, 5.74) is 3.50. The van der Waals surface area contributed by atoms with E-state index in [1.54, 1.807) is 0 Å². The number of nitrogens with one attached hydrogen (secondary N) is 1. The second kappa shape index (κ2) is 7.95. The smallest absolute Gasteiger partial charge is 0.170 e. The normalized spacial score (nSPS) is 22.2. The molecule has 5 rings (SSSR count). The highest BCUT2D eigenvalue weighted by atomic mass is 32.1. The Morgan fingerprint density at radius 1 is 1.03 bits per heavy atom. The van der Waals surface area contributed by atoms with Gasteiger partial charge in [0.2, 0.25) is 0 Å². The largest absolute Gasteiger partial charge is 0.352 e. The van der Waals surface area contributed by atoms with Crippen LogP contribution in [0.2, 0.25) is 0 Å².